The molecule has 0 amide bonds. The molecule has 1 aliphatic carbocycles. The molecule has 1 saturated carbocycles. The topological polar surface area (TPSA) is 28.4 Å². The summed E-state index contributed by atoms with van der Waals surface area (Å²) in [5, 5.41) is 3.46. The molecule has 0 radical (unpaired) electrons. The van der Waals surface area contributed by atoms with E-state index in [4.69, 9.17) is 4.42 Å². The first kappa shape index (κ1) is 15.6. The van der Waals surface area contributed by atoms with Crippen LogP contribution in [0.4, 0.5) is 0 Å². The van der Waals surface area contributed by atoms with E-state index in [-0.39, 0.29) is 0 Å². The van der Waals surface area contributed by atoms with Crippen molar-refractivity contribution in [2.75, 3.05) is 13.6 Å². The van der Waals surface area contributed by atoms with Crippen LogP contribution < -0.4 is 5.32 Å². The molecule has 0 unspecified atom stereocenters. The van der Waals surface area contributed by atoms with Gasteiger partial charge in [-0.25, -0.2) is 0 Å². The highest BCUT2D eigenvalue weighted by Gasteiger charge is 2.19. The van der Waals surface area contributed by atoms with Gasteiger partial charge in [-0.05, 0) is 38.9 Å². The van der Waals surface area contributed by atoms with Gasteiger partial charge in [-0.1, -0.05) is 32.6 Å². The highest BCUT2D eigenvalue weighted by molar-refractivity contribution is 5.16. The predicted octanol–water partition coefficient (Wildman–Crippen LogP) is 3.93. The Kier molecular flexibility index (Phi) is 6.61. The zero-order chi connectivity index (χ0) is 14.2. The molecular weight excluding hydrogens is 248 g/mol. The lowest BCUT2D eigenvalue weighted by molar-refractivity contribution is 0.197. The second kappa shape index (κ2) is 8.48. The fraction of sp³-hybridized carbons (Fsp3) is 0.765. The van der Waals surface area contributed by atoms with E-state index in [0.717, 1.165) is 31.4 Å². The van der Waals surface area contributed by atoms with Gasteiger partial charge in [-0.3, -0.25) is 4.90 Å². The average molecular weight is 278 g/mol. The van der Waals surface area contributed by atoms with Crippen LogP contribution in [0.2, 0.25) is 0 Å². The second-order valence-corrected chi connectivity index (χ2v) is 6.11. The van der Waals surface area contributed by atoms with E-state index in [1.54, 1.807) is 0 Å². The summed E-state index contributed by atoms with van der Waals surface area (Å²) in [5.41, 5.74) is 1.32. The van der Waals surface area contributed by atoms with Crippen molar-refractivity contribution in [3.8, 4) is 0 Å². The number of furan rings is 1. The molecule has 1 aromatic rings. The average Bonchev–Trinajstić information content (AvgIpc) is 2.72. The van der Waals surface area contributed by atoms with Crippen molar-refractivity contribution in [2.24, 2.45) is 0 Å². The Morgan fingerprint density at radius 3 is 2.70 bits per heavy atom. The fourth-order valence-corrected chi connectivity index (χ4v) is 3.12. The summed E-state index contributed by atoms with van der Waals surface area (Å²) in [6.07, 6.45) is 11.3. The molecule has 3 heteroatoms. The zero-order valence-electron chi connectivity index (χ0n) is 13.2. The number of nitrogens with zero attached hydrogens (tertiary/aromatic N) is 1. The second-order valence-electron chi connectivity index (χ2n) is 6.11. The Balaban J connectivity index is 1.86. The number of hydrogen-bond acceptors (Lipinski definition) is 3. The maximum Gasteiger partial charge on any atom is 0.122 e. The third-order valence-electron chi connectivity index (χ3n) is 4.42. The van der Waals surface area contributed by atoms with E-state index in [0.29, 0.717) is 0 Å². The smallest absolute Gasteiger partial charge is 0.122 e. The molecule has 0 aliphatic heterocycles. The van der Waals surface area contributed by atoms with Gasteiger partial charge in [0, 0.05) is 18.2 Å². The Morgan fingerprint density at radius 1 is 1.25 bits per heavy atom. The Bertz CT molecular complexity index is 367. The molecule has 1 aliphatic rings. The molecule has 0 atom stereocenters. The zero-order valence-corrected chi connectivity index (χ0v) is 13.2. The quantitative estimate of drug-likeness (QED) is 0.605. The van der Waals surface area contributed by atoms with Gasteiger partial charge in [0.2, 0.25) is 0 Å². The molecule has 1 heterocycles. The third kappa shape index (κ3) is 4.64. The minimum Gasteiger partial charge on any atom is -0.468 e. The Morgan fingerprint density at radius 2 is 2.00 bits per heavy atom. The van der Waals surface area contributed by atoms with Crippen LogP contribution in [0.25, 0.3) is 0 Å². The molecule has 0 bridgehead atoms. The standard InChI is InChI=1S/C17H30N2O/c1-3-11-18-13-15-10-12-20-17(15)14-19(2)16-8-6-4-5-7-9-16/h10,12,16,18H,3-9,11,13-14H2,1-2H3. The lowest BCUT2D eigenvalue weighted by Gasteiger charge is -2.26. The van der Waals surface area contributed by atoms with Gasteiger partial charge in [-0.15, -0.1) is 0 Å². The van der Waals surface area contributed by atoms with Gasteiger partial charge in [-0.2, -0.15) is 0 Å². The monoisotopic (exact) mass is 278 g/mol. The molecule has 0 spiro atoms. The van der Waals surface area contributed by atoms with Gasteiger partial charge >= 0.3 is 0 Å². The van der Waals surface area contributed by atoms with Crippen LogP contribution in [-0.4, -0.2) is 24.5 Å². The number of nitrogens with one attached hydrogen (secondary N) is 1. The molecule has 20 heavy (non-hydrogen) atoms. The SMILES string of the molecule is CCCNCc1ccoc1CN(C)C1CCCCCC1. The fourth-order valence-electron chi connectivity index (χ4n) is 3.12. The molecule has 2 rings (SSSR count). The molecule has 3 nitrogen and oxygen atoms in total. The van der Waals surface area contributed by atoms with Crippen LogP contribution >= 0.6 is 0 Å². The molecule has 114 valence electrons. The van der Waals surface area contributed by atoms with Crippen LogP contribution in [0.1, 0.15) is 63.2 Å². The summed E-state index contributed by atoms with van der Waals surface area (Å²) in [7, 11) is 2.25. The van der Waals surface area contributed by atoms with Crippen LogP contribution in [0.5, 0.6) is 0 Å². The van der Waals surface area contributed by atoms with E-state index in [2.05, 4.69) is 30.3 Å². The highest BCUT2D eigenvalue weighted by Crippen LogP contribution is 2.23. The molecular formula is C17H30N2O. The lowest BCUT2D eigenvalue weighted by Crippen LogP contribution is -2.31. The maximum absolute atomic E-state index is 5.71. The van der Waals surface area contributed by atoms with E-state index < -0.39 is 0 Å². The van der Waals surface area contributed by atoms with E-state index in [1.165, 1.54) is 50.5 Å². The molecule has 1 aromatic heterocycles. The van der Waals surface area contributed by atoms with Crippen LogP contribution in [0.15, 0.2) is 16.7 Å². The summed E-state index contributed by atoms with van der Waals surface area (Å²) in [6.45, 7) is 5.14. The summed E-state index contributed by atoms with van der Waals surface area (Å²) in [5.74, 6) is 1.14. The molecule has 0 saturated heterocycles. The van der Waals surface area contributed by atoms with Gasteiger partial charge in [0.1, 0.15) is 5.76 Å². The van der Waals surface area contributed by atoms with Crippen molar-refractivity contribution in [1.82, 2.24) is 10.2 Å². The van der Waals surface area contributed by atoms with Crippen LogP contribution in [0.3, 0.4) is 0 Å². The molecule has 0 aromatic carbocycles. The minimum atomic E-state index is 0.735. The van der Waals surface area contributed by atoms with E-state index >= 15 is 0 Å². The van der Waals surface area contributed by atoms with Crippen molar-refractivity contribution < 1.29 is 4.42 Å². The number of hydrogen-bond donors (Lipinski definition) is 1. The van der Waals surface area contributed by atoms with Crippen molar-refractivity contribution >= 4 is 0 Å². The van der Waals surface area contributed by atoms with Crippen molar-refractivity contribution in [3.63, 3.8) is 0 Å². The van der Waals surface area contributed by atoms with Crippen molar-refractivity contribution in [1.29, 1.82) is 0 Å². The first-order valence-corrected chi connectivity index (χ1v) is 8.27. The lowest BCUT2D eigenvalue weighted by atomic mass is 10.1. The molecule has 1 N–H and O–H groups in total. The third-order valence-corrected chi connectivity index (χ3v) is 4.42. The predicted molar refractivity (Wildman–Crippen MR) is 83.7 cm³/mol. The first-order valence-electron chi connectivity index (χ1n) is 8.27. The van der Waals surface area contributed by atoms with Gasteiger partial charge < -0.3 is 9.73 Å². The molecule has 1 fully saturated rings. The largest absolute Gasteiger partial charge is 0.468 e. The van der Waals surface area contributed by atoms with E-state index in [1.807, 2.05) is 6.26 Å². The van der Waals surface area contributed by atoms with Crippen molar-refractivity contribution in [3.05, 3.63) is 23.7 Å². The summed E-state index contributed by atoms with van der Waals surface area (Å²) < 4.78 is 5.71. The highest BCUT2D eigenvalue weighted by atomic mass is 16.3. The van der Waals surface area contributed by atoms with Crippen molar-refractivity contribution in [2.45, 2.75) is 71.0 Å². The Hall–Kier alpha value is -0.800. The van der Waals surface area contributed by atoms with Gasteiger partial charge in [0.15, 0.2) is 0 Å². The van der Waals surface area contributed by atoms with Crippen LogP contribution in [0, 0.1) is 0 Å². The normalized spacial score (nSPS) is 17.6. The minimum absolute atomic E-state index is 0.735. The summed E-state index contributed by atoms with van der Waals surface area (Å²) >= 11 is 0. The van der Waals surface area contributed by atoms with Gasteiger partial charge in [0.05, 0.1) is 12.8 Å². The first-order chi connectivity index (χ1) is 9.81. The van der Waals surface area contributed by atoms with Gasteiger partial charge in [0.25, 0.3) is 0 Å². The van der Waals surface area contributed by atoms with Crippen LogP contribution in [-0.2, 0) is 13.1 Å². The summed E-state index contributed by atoms with van der Waals surface area (Å²) in [6, 6.07) is 2.85. The van der Waals surface area contributed by atoms with E-state index in [9.17, 15) is 0 Å². The Labute approximate surface area is 123 Å². The summed E-state index contributed by atoms with van der Waals surface area (Å²) in [4.78, 5) is 2.49. The maximum atomic E-state index is 5.71. The number of rotatable bonds is 7.